The third-order valence-electron chi connectivity index (χ3n) is 3.29. The lowest BCUT2D eigenvalue weighted by Gasteiger charge is -2.08. The number of thioether (sulfide) groups is 1. The third-order valence-corrected chi connectivity index (χ3v) is 4.41. The van der Waals surface area contributed by atoms with Gasteiger partial charge in [0, 0.05) is 11.8 Å². The zero-order valence-electron chi connectivity index (χ0n) is 10.9. The zero-order chi connectivity index (χ0) is 13.4. The van der Waals surface area contributed by atoms with Gasteiger partial charge in [-0.2, -0.15) is 0 Å². The molecule has 3 nitrogen and oxygen atoms in total. The highest BCUT2D eigenvalue weighted by atomic mass is 32.2. The monoisotopic (exact) mass is 273 g/mol. The van der Waals surface area contributed by atoms with Crippen LogP contribution in [0.15, 0.2) is 35.4 Å². The smallest absolute Gasteiger partial charge is 0.319 e. The molecule has 1 fully saturated rings. The van der Waals surface area contributed by atoms with E-state index in [2.05, 4.69) is 18.0 Å². The summed E-state index contributed by atoms with van der Waals surface area (Å²) in [5, 5.41) is 1.93. The largest absolute Gasteiger partial charge is 0.462 e. The molecule has 19 heavy (non-hydrogen) atoms. The van der Waals surface area contributed by atoms with Crippen LogP contribution in [-0.2, 0) is 9.53 Å². The van der Waals surface area contributed by atoms with Crippen LogP contribution in [0.2, 0.25) is 0 Å². The number of aryl methyl sites for hydroxylation is 1. The van der Waals surface area contributed by atoms with E-state index in [9.17, 15) is 4.79 Å². The Bertz CT molecular complexity index is 641. The molecule has 0 radical (unpaired) electrons. The van der Waals surface area contributed by atoms with Gasteiger partial charge in [-0.1, -0.05) is 30.0 Å². The highest BCUT2D eigenvalue weighted by molar-refractivity contribution is 8.00. The average molecular weight is 273 g/mol. The Morgan fingerprint density at radius 1 is 1.37 bits per heavy atom. The standard InChI is InChI=1S/C15H15NO2S/c1-9-7-14(16-12-6-4-3-5-11(9)12)19-13-8-10(2)18-15(13)17/h3-7,10,13H,8H2,1-2H3. The number of cyclic esters (lactones) is 1. The number of benzene rings is 1. The summed E-state index contributed by atoms with van der Waals surface area (Å²) in [6, 6.07) is 10.1. The van der Waals surface area contributed by atoms with E-state index >= 15 is 0 Å². The second-order valence-electron chi connectivity index (χ2n) is 4.88. The third kappa shape index (κ3) is 2.45. The maximum absolute atomic E-state index is 11.7. The van der Waals surface area contributed by atoms with E-state index in [1.165, 1.54) is 17.3 Å². The lowest BCUT2D eigenvalue weighted by atomic mass is 10.1. The van der Waals surface area contributed by atoms with E-state index in [1.807, 2.05) is 31.2 Å². The van der Waals surface area contributed by atoms with Gasteiger partial charge >= 0.3 is 5.97 Å². The first-order valence-corrected chi connectivity index (χ1v) is 7.25. The predicted molar refractivity (Wildman–Crippen MR) is 76.3 cm³/mol. The summed E-state index contributed by atoms with van der Waals surface area (Å²) in [4.78, 5) is 16.3. The first kappa shape index (κ1) is 12.5. The highest BCUT2D eigenvalue weighted by Gasteiger charge is 2.33. The fraction of sp³-hybridized carbons (Fsp3) is 0.333. The average Bonchev–Trinajstić information content (AvgIpc) is 2.68. The molecule has 1 aliphatic rings. The number of carbonyl (C=O) groups excluding carboxylic acids is 1. The molecular weight excluding hydrogens is 258 g/mol. The Kier molecular flexibility index (Phi) is 3.19. The number of nitrogens with zero attached hydrogens (tertiary/aromatic N) is 1. The molecule has 2 aromatic rings. The lowest BCUT2D eigenvalue weighted by molar-refractivity contribution is -0.140. The first-order chi connectivity index (χ1) is 9.13. The minimum Gasteiger partial charge on any atom is -0.462 e. The van der Waals surface area contributed by atoms with Crippen molar-refractivity contribution in [3.63, 3.8) is 0 Å². The molecule has 0 amide bonds. The Balaban J connectivity index is 1.91. The maximum atomic E-state index is 11.7. The molecule has 3 rings (SSSR count). The van der Waals surface area contributed by atoms with Crippen molar-refractivity contribution in [2.45, 2.75) is 36.6 Å². The summed E-state index contributed by atoms with van der Waals surface area (Å²) >= 11 is 1.51. The van der Waals surface area contributed by atoms with Gasteiger partial charge in [0.2, 0.25) is 0 Å². The van der Waals surface area contributed by atoms with Crippen molar-refractivity contribution in [3.05, 3.63) is 35.9 Å². The normalized spacial score (nSPS) is 22.7. The van der Waals surface area contributed by atoms with Crippen LogP contribution in [0.1, 0.15) is 18.9 Å². The van der Waals surface area contributed by atoms with Crippen LogP contribution in [-0.4, -0.2) is 22.3 Å². The number of rotatable bonds is 2. The van der Waals surface area contributed by atoms with Gasteiger partial charge in [-0.25, -0.2) is 4.98 Å². The van der Waals surface area contributed by atoms with Crippen LogP contribution in [0.5, 0.6) is 0 Å². The summed E-state index contributed by atoms with van der Waals surface area (Å²) in [5.41, 5.74) is 2.16. The van der Waals surface area contributed by atoms with Crippen molar-refractivity contribution in [2.24, 2.45) is 0 Å². The highest BCUT2D eigenvalue weighted by Crippen LogP contribution is 2.32. The number of hydrogen-bond donors (Lipinski definition) is 0. The van der Waals surface area contributed by atoms with Crippen molar-refractivity contribution in [1.82, 2.24) is 4.98 Å². The number of para-hydroxylation sites is 1. The van der Waals surface area contributed by atoms with E-state index in [4.69, 9.17) is 4.74 Å². The van der Waals surface area contributed by atoms with Crippen molar-refractivity contribution in [2.75, 3.05) is 0 Å². The van der Waals surface area contributed by atoms with Crippen LogP contribution in [0.25, 0.3) is 10.9 Å². The van der Waals surface area contributed by atoms with E-state index in [0.717, 1.165) is 22.3 Å². The Morgan fingerprint density at radius 3 is 2.89 bits per heavy atom. The molecule has 1 aliphatic heterocycles. The van der Waals surface area contributed by atoms with Crippen molar-refractivity contribution >= 4 is 28.6 Å². The van der Waals surface area contributed by atoms with Gasteiger partial charge < -0.3 is 4.74 Å². The summed E-state index contributed by atoms with van der Waals surface area (Å²) in [6.45, 7) is 4.00. The molecule has 0 N–H and O–H groups in total. The molecule has 98 valence electrons. The minimum absolute atomic E-state index is 0.0200. The fourth-order valence-electron chi connectivity index (χ4n) is 2.34. The van der Waals surface area contributed by atoms with Crippen LogP contribution in [0.4, 0.5) is 0 Å². The Labute approximate surface area is 116 Å². The van der Waals surface area contributed by atoms with Gasteiger partial charge in [0.15, 0.2) is 0 Å². The van der Waals surface area contributed by atoms with E-state index in [0.29, 0.717) is 0 Å². The van der Waals surface area contributed by atoms with Gasteiger partial charge in [0.1, 0.15) is 11.4 Å². The molecular formula is C15H15NO2S. The molecule has 2 heterocycles. The van der Waals surface area contributed by atoms with Crippen molar-refractivity contribution in [1.29, 1.82) is 0 Å². The van der Waals surface area contributed by atoms with E-state index in [1.54, 1.807) is 0 Å². The summed E-state index contributed by atoms with van der Waals surface area (Å²) in [6.07, 6.45) is 0.781. The number of aromatic nitrogens is 1. The Hall–Kier alpha value is -1.55. The summed E-state index contributed by atoms with van der Waals surface area (Å²) < 4.78 is 5.18. The molecule has 1 aromatic heterocycles. The number of fused-ring (bicyclic) bond motifs is 1. The van der Waals surface area contributed by atoms with Gasteiger partial charge in [0.05, 0.1) is 10.5 Å². The molecule has 0 saturated carbocycles. The molecule has 0 aliphatic carbocycles. The minimum atomic E-state index is -0.122. The number of hydrogen-bond acceptors (Lipinski definition) is 4. The Morgan fingerprint density at radius 2 is 2.16 bits per heavy atom. The SMILES string of the molecule is Cc1cc(SC2CC(C)OC2=O)nc2ccccc12. The summed E-state index contributed by atoms with van der Waals surface area (Å²) in [5.74, 6) is -0.120. The molecule has 0 bridgehead atoms. The molecule has 0 spiro atoms. The molecule has 2 atom stereocenters. The molecule has 1 saturated heterocycles. The maximum Gasteiger partial charge on any atom is 0.319 e. The number of pyridine rings is 1. The fourth-order valence-corrected chi connectivity index (χ4v) is 3.55. The van der Waals surface area contributed by atoms with Crippen molar-refractivity contribution in [3.8, 4) is 0 Å². The first-order valence-electron chi connectivity index (χ1n) is 6.37. The quantitative estimate of drug-likeness (QED) is 0.787. The van der Waals surface area contributed by atoms with Crippen LogP contribution >= 0.6 is 11.8 Å². The van der Waals surface area contributed by atoms with Gasteiger partial charge in [-0.3, -0.25) is 4.79 Å². The van der Waals surface area contributed by atoms with Gasteiger partial charge in [0.25, 0.3) is 0 Å². The number of ether oxygens (including phenoxy) is 1. The predicted octanol–water partition coefficient (Wildman–Crippen LogP) is 3.34. The van der Waals surface area contributed by atoms with Crippen LogP contribution in [0.3, 0.4) is 0 Å². The van der Waals surface area contributed by atoms with E-state index < -0.39 is 0 Å². The number of carbonyl (C=O) groups is 1. The lowest BCUT2D eigenvalue weighted by Crippen LogP contribution is -2.09. The summed E-state index contributed by atoms with van der Waals surface area (Å²) in [7, 11) is 0. The van der Waals surface area contributed by atoms with Gasteiger partial charge in [-0.05, 0) is 31.5 Å². The topological polar surface area (TPSA) is 39.2 Å². The second kappa shape index (κ2) is 4.85. The molecule has 1 aromatic carbocycles. The van der Waals surface area contributed by atoms with Crippen molar-refractivity contribution < 1.29 is 9.53 Å². The molecule has 2 unspecified atom stereocenters. The number of esters is 1. The van der Waals surface area contributed by atoms with Crippen LogP contribution < -0.4 is 0 Å². The van der Waals surface area contributed by atoms with E-state index in [-0.39, 0.29) is 17.3 Å². The van der Waals surface area contributed by atoms with Crippen LogP contribution in [0, 0.1) is 6.92 Å². The zero-order valence-corrected chi connectivity index (χ0v) is 11.7. The van der Waals surface area contributed by atoms with Gasteiger partial charge in [-0.15, -0.1) is 0 Å². The molecule has 4 heteroatoms. The second-order valence-corrected chi connectivity index (χ2v) is 6.11.